The van der Waals surface area contributed by atoms with Crippen LogP contribution in [0.3, 0.4) is 0 Å². The minimum Gasteiger partial charge on any atom is -0.422 e. The van der Waals surface area contributed by atoms with Crippen LogP contribution < -0.4 is 5.63 Å². The molecule has 0 saturated heterocycles. The molecule has 0 aliphatic rings. The highest BCUT2D eigenvalue weighted by Gasteiger charge is 2.10. The van der Waals surface area contributed by atoms with Crippen molar-refractivity contribution in [3.8, 4) is 0 Å². The van der Waals surface area contributed by atoms with Crippen molar-refractivity contribution in [2.45, 2.75) is 0 Å². The van der Waals surface area contributed by atoms with Crippen LogP contribution in [0.5, 0.6) is 0 Å². The molecule has 0 aliphatic heterocycles. The predicted octanol–water partition coefficient (Wildman–Crippen LogP) is 3.35. The van der Waals surface area contributed by atoms with E-state index >= 15 is 0 Å². The molecule has 0 unspecified atom stereocenters. The van der Waals surface area contributed by atoms with Gasteiger partial charge in [0.2, 0.25) is 0 Å². The Balaban J connectivity index is 2.99. The minimum absolute atomic E-state index is 0.109. The van der Waals surface area contributed by atoms with Gasteiger partial charge in [-0.05, 0) is 34.1 Å². The Labute approximate surface area is 91.4 Å². The van der Waals surface area contributed by atoms with Crippen LogP contribution in [-0.2, 0) is 0 Å². The SMILES string of the molecule is O=c1oc2ccc(F)cc2c(Cl)c1Br. The average molecular weight is 277 g/mol. The van der Waals surface area contributed by atoms with Crippen molar-refractivity contribution in [1.82, 2.24) is 0 Å². The summed E-state index contributed by atoms with van der Waals surface area (Å²) in [7, 11) is 0. The summed E-state index contributed by atoms with van der Waals surface area (Å²) >= 11 is 8.79. The van der Waals surface area contributed by atoms with E-state index in [1.54, 1.807) is 0 Å². The second kappa shape index (κ2) is 3.37. The van der Waals surface area contributed by atoms with Crippen LogP contribution >= 0.6 is 27.5 Å². The predicted molar refractivity (Wildman–Crippen MR) is 55.2 cm³/mol. The molecule has 0 bridgehead atoms. The molecule has 0 fully saturated rings. The highest BCUT2D eigenvalue weighted by atomic mass is 79.9. The van der Waals surface area contributed by atoms with E-state index in [0.717, 1.165) is 0 Å². The number of halogens is 3. The van der Waals surface area contributed by atoms with Gasteiger partial charge in [0.25, 0.3) is 0 Å². The minimum atomic E-state index is -0.575. The molecule has 1 heterocycles. The molecule has 5 heteroatoms. The van der Waals surface area contributed by atoms with E-state index < -0.39 is 11.4 Å². The van der Waals surface area contributed by atoms with Gasteiger partial charge in [-0.25, -0.2) is 9.18 Å². The van der Waals surface area contributed by atoms with Gasteiger partial charge in [-0.3, -0.25) is 0 Å². The summed E-state index contributed by atoms with van der Waals surface area (Å²) in [4.78, 5) is 11.1. The molecule has 0 aliphatic carbocycles. The van der Waals surface area contributed by atoms with Crippen molar-refractivity contribution < 1.29 is 8.81 Å². The number of benzene rings is 1. The summed E-state index contributed by atoms with van der Waals surface area (Å²) < 4.78 is 17.8. The van der Waals surface area contributed by atoms with Crippen LogP contribution in [0.15, 0.2) is 31.9 Å². The third-order valence-electron chi connectivity index (χ3n) is 1.75. The fourth-order valence-electron chi connectivity index (χ4n) is 1.12. The lowest BCUT2D eigenvalue weighted by molar-refractivity contribution is 0.554. The van der Waals surface area contributed by atoms with Crippen LogP contribution in [0.4, 0.5) is 4.39 Å². The monoisotopic (exact) mass is 276 g/mol. The molecule has 1 aromatic carbocycles. The Morgan fingerprint density at radius 2 is 2.14 bits per heavy atom. The lowest BCUT2D eigenvalue weighted by Crippen LogP contribution is -2.00. The molecule has 2 rings (SSSR count). The maximum Gasteiger partial charge on any atom is 0.352 e. The van der Waals surface area contributed by atoms with Gasteiger partial charge in [0.1, 0.15) is 15.9 Å². The highest BCUT2D eigenvalue weighted by molar-refractivity contribution is 9.10. The Hall–Kier alpha value is -0.870. The van der Waals surface area contributed by atoms with Gasteiger partial charge >= 0.3 is 5.63 Å². The van der Waals surface area contributed by atoms with E-state index in [9.17, 15) is 9.18 Å². The van der Waals surface area contributed by atoms with Gasteiger partial charge in [-0.2, -0.15) is 0 Å². The smallest absolute Gasteiger partial charge is 0.352 e. The zero-order valence-electron chi connectivity index (χ0n) is 6.68. The molecular weight excluding hydrogens is 274 g/mol. The van der Waals surface area contributed by atoms with E-state index in [-0.39, 0.29) is 15.1 Å². The topological polar surface area (TPSA) is 30.2 Å². The van der Waals surface area contributed by atoms with Gasteiger partial charge in [0.05, 0.1) is 5.02 Å². The summed E-state index contributed by atoms with van der Waals surface area (Å²) in [5, 5.41) is 0.536. The average Bonchev–Trinajstić information content (AvgIpc) is 2.16. The molecule has 72 valence electrons. The quantitative estimate of drug-likeness (QED) is 0.691. The standard InChI is InChI=1S/C9H3BrClFO2/c10-7-8(11)5-3-4(12)1-2-6(5)14-9(7)13/h1-3H. The van der Waals surface area contributed by atoms with E-state index in [2.05, 4.69) is 15.9 Å². The van der Waals surface area contributed by atoms with Crippen molar-refractivity contribution in [2.24, 2.45) is 0 Å². The first kappa shape index (κ1) is 9.68. The third-order valence-corrected chi connectivity index (χ3v) is 3.09. The second-order valence-corrected chi connectivity index (χ2v) is 3.83. The molecule has 0 atom stereocenters. The highest BCUT2D eigenvalue weighted by Crippen LogP contribution is 2.28. The van der Waals surface area contributed by atoms with E-state index in [1.807, 2.05) is 0 Å². The Kier molecular flexibility index (Phi) is 2.33. The van der Waals surface area contributed by atoms with Gasteiger partial charge < -0.3 is 4.42 Å². The van der Waals surface area contributed by atoms with Crippen LogP contribution in [0, 0.1) is 5.82 Å². The number of hydrogen-bond donors (Lipinski definition) is 0. The Morgan fingerprint density at radius 1 is 1.43 bits per heavy atom. The zero-order chi connectivity index (χ0) is 10.3. The van der Waals surface area contributed by atoms with E-state index in [0.29, 0.717) is 5.39 Å². The third kappa shape index (κ3) is 1.44. The largest absolute Gasteiger partial charge is 0.422 e. The first-order valence-electron chi connectivity index (χ1n) is 3.67. The van der Waals surface area contributed by atoms with Crippen molar-refractivity contribution in [3.05, 3.63) is 43.9 Å². The molecule has 0 N–H and O–H groups in total. The normalized spacial score (nSPS) is 10.8. The molecule has 14 heavy (non-hydrogen) atoms. The molecule has 2 aromatic rings. The molecule has 0 saturated carbocycles. The van der Waals surface area contributed by atoms with Gasteiger partial charge in [-0.1, -0.05) is 11.6 Å². The lowest BCUT2D eigenvalue weighted by Gasteiger charge is -2.00. The van der Waals surface area contributed by atoms with E-state index in [1.165, 1.54) is 18.2 Å². The van der Waals surface area contributed by atoms with Crippen molar-refractivity contribution in [3.63, 3.8) is 0 Å². The van der Waals surface area contributed by atoms with Crippen LogP contribution in [0.1, 0.15) is 0 Å². The zero-order valence-corrected chi connectivity index (χ0v) is 9.02. The van der Waals surface area contributed by atoms with E-state index in [4.69, 9.17) is 16.0 Å². The Bertz CT molecular complexity index is 564. The maximum atomic E-state index is 12.9. The van der Waals surface area contributed by atoms with Crippen LogP contribution in [-0.4, -0.2) is 0 Å². The first-order chi connectivity index (χ1) is 6.59. The number of rotatable bonds is 0. The Morgan fingerprint density at radius 3 is 2.86 bits per heavy atom. The van der Waals surface area contributed by atoms with Crippen LogP contribution in [0.2, 0.25) is 5.02 Å². The summed E-state index contributed by atoms with van der Waals surface area (Å²) in [6.07, 6.45) is 0. The first-order valence-corrected chi connectivity index (χ1v) is 4.84. The molecular formula is C9H3BrClFO2. The fourth-order valence-corrected chi connectivity index (χ4v) is 1.63. The summed E-state index contributed by atoms with van der Waals surface area (Å²) in [5.74, 6) is -0.430. The van der Waals surface area contributed by atoms with Crippen molar-refractivity contribution in [1.29, 1.82) is 0 Å². The van der Waals surface area contributed by atoms with Crippen molar-refractivity contribution >= 4 is 38.5 Å². The van der Waals surface area contributed by atoms with Crippen LogP contribution in [0.25, 0.3) is 11.0 Å². The molecule has 1 aromatic heterocycles. The molecule has 0 radical (unpaired) electrons. The number of fused-ring (bicyclic) bond motifs is 1. The molecule has 2 nitrogen and oxygen atoms in total. The molecule has 0 spiro atoms. The van der Waals surface area contributed by atoms with Crippen molar-refractivity contribution in [2.75, 3.05) is 0 Å². The van der Waals surface area contributed by atoms with Gasteiger partial charge in [0, 0.05) is 5.39 Å². The summed E-state index contributed by atoms with van der Waals surface area (Å²) in [5.41, 5.74) is -0.307. The summed E-state index contributed by atoms with van der Waals surface area (Å²) in [6, 6.07) is 3.78. The van der Waals surface area contributed by atoms with Gasteiger partial charge in [0.15, 0.2) is 0 Å². The van der Waals surface area contributed by atoms with Gasteiger partial charge in [-0.15, -0.1) is 0 Å². The molecule has 0 amide bonds. The second-order valence-electron chi connectivity index (χ2n) is 2.66. The maximum absolute atomic E-state index is 12.9. The fraction of sp³-hybridized carbons (Fsp3) is 0. The lowest BCUT2D eigenvalue weighted by atomic mass is 10.2. The number of hydrogen-bond acceptors (Lipinski definition) is 2. The summed E-state index contributed by atoms with van der Waals surface area (Å²) in [6.45, 7) is 0.